The van der Waals surface area contributed by atoms with Crippen molar-refractivity contribution in [3.63, 3.8) is 0 Å². The lowest BCUT2D eigenvalue weighted by Crippen LogP contribution is -2.11. The molecule has 4 heteroatoms. The molecule has 2 N–H and O–H groups in total. The molecule has 0 saturated carbocycles. The fourth-order valence-electron chi connectivity index (χ4n) is 2.00. The topological polar surface area (TPSA) is 53.1 Å². The minimum Gasteiger partial charge on any atom is -0.497 e. The van der Waals surface area contributed by atoms with Gasteiger partial charge >= 0.3 is 0 Å². The van der Waals surface area contributed by atoms with Crippen molar-refractivity contribution in [2.45, 2.75) is 13.0 Å². The Morgan fingerprint density at radius 1 is 1.41 bits per heavy atom. The molecule has 0 bridgehead atoms. The van der Waals surface area contributed by atoms with E-state index in [9.17, 15) is 0 Å². The molecule has 90 valence electrons. The van der Waals surface area contributed by atoms with Gasteiger partial charge in [0.25, 0.3) is 0 Å². The number of nitrogens with two attached hydrogens (primary N) is 1. The van der Waals surface area contributed by atoms with Crippen molar-refractivity contribution in [3.05, 3.63) is 36.2 Å². The number of nitrogens with zero attached hydrogens (tertiary/aromatic N) is 2. The molecule has 2 rings (SSSR count). The largest absolute Gasteiger partial charge is 0.497 e. The fourth-order valence-corrected chi connectivity index (χ4v) is 2.00. The summed E-state index contributed by atoms with van der Waals surface area (Å²) in [5.41, 5.74) is 9.13. The van der Waals surface area contributed by atoms with E-state index in [0.29, 0.717) is 0 Å². The van der Waals surface area contributed by atoms with E-state index < -0.39 is 0 Å². The molecular weight excluding hydrogens is 214 g/mol. The van der Waals surface area contributed by atoms with Crippen LogP contribution in [0.25, 0.3) is 11.1 Å². The van der Waals surface area contributed by atoms with Gasteiger partial charge in [-0.15, -0.1) is 0 Å². The lowest BCUT2D eigenvalue weighted by molar-refractivity contribution is 0.415. The zero-order chi connectivity index (χ0) is 12.4. The smallest absolute Gasteiger partial charge is 0.119 e. The third-order valence-electron chi connectivity index (χ3n) is 2.80. The van der Waals surface area contributed by atoms with E-state index >= 15 is 0 Å². The molecule has 0 amide bonds. The number of aryl methyl sites for hydroxylation is 1. The lowest BCUT2D eigenvalue weighted by atomic mass is 10.0. The van der Waals surface area contributed by atoms with Crippen molar-refractivity contribution in [1.82, 2.24) is 9.78 Å². The molecule has 1 heterocycles. The number of methoxy groups -OCH3 is 1. The molecule has 0 spiro atoms. The first-order valence-corrected chi connectivity index (χ1v) is 5.55. The third-order valence-corrected chi connectivity index (χ3v) is 2.80. The number of hydrogen-bond donors (Lipinski definition) is 1. The van der Waals surface area contributed by atoms with Gasteiger partial charge in [-0.2, -0.15) is 5.10 Å². The van der Waals surface area contributed by atoms with E-state index in [-0.39, 0.29) is 6.04 Å². The van der Waals surface area contributed by atoms with Crippen molar-refractivity contribution in [2.24, 2.45) is 12.8 Å². The zero-order valence-electron chi connectivity index (χ0n) is 10.3. The van der Waals surface area contributed by atoms with Crippen molar-refractivity contribution < 1.29 is 4.74 Å². The fraction of sp³-hybridized carbons (Fsp3) is 0.308. The predicted molar refractivity (Wildman–Crippen MR) is 67.8 cm³/mol. The van der Waals surface area contributed by atoms with Gasteiger partial charge < -0.3 is 10.5 Å². The van der Waals surface area contributed by atoms with E-state index in [1.807, 2.05) is 49.1 Å². The number of rotatable bonds is 3. The molecular formula is C13H17N3O. The predicted octanol–water partition coefficient (Wildman–Crippen LogP) is 2.12. The zero-order valence-corrected chi connectivity index (χ0v) is 10.3. The van der Waals surface area contributed by atoms with E-state index in [4.69, 9.17) is 10.5 Å². The second-order valence-corrected chi connectivity index (χ2v) is 4.09. The number of benzene rings is 1. The SMILES string of the molecule is COc1cccc(-c2cnn(C)c2C(C)N)c1. The highest BCUT2D eigenvalue weighted by Gasteiger charge is 2.14. The summed E-state index contributed by atoms with van der Waals surface area (Å²) in [6, 6.07) is 7.86. The van der Waals surface area contributed by atoms with Crippen LogP contribution in [0.2, 0.25) is 0 Å². The van der Waals surface area contributed by atoms with Gasteiger partial charge in [0.15, 0.2) is 0 Å². The van der Waals surface area contributed by atoms with Crippen LogP contribution in [-0.4, -0.2) is 16.9 Å². The van der Waals surface area contributed by atoms with Crippen LogP contribution in [0.4, 0.5) is 0 Å². The number of ether oxygens (including phenoxy) is 1. The average molecular weight is 231 g/mol. The van der Waals surface area contributed by atoms with Gasteiger partial charge in [0, 0.05) is 18.7 Å². The first-order chi connectivity index (χ1) is 8.13. The summed E-state index contributed by atoms with van der Waals surface area (Å²) in [6.45, 7) is 1.96. The van der Waals surface area contributed by atoms with Crippen LogP contribution in [-0.2, 0) is 7.05 Å². The minimum absolute atomic E-state index is 0.0521. The quantitative estimate of drug-likeness (QED) is 0.880. The molecule has 2 aromatic rings. The summed E-state index contributed by atoms with van der Waals surface area (Å²) in [6.07, 6.45) is 1.84. The minimum atomic E-state index is -0.0521. The molecule has 17 heavy (non-hydrogen) atoms. The summed E-state index contributed by atoms with van der Waals surface area (Å²) in [7, 11) is 3.57. The number of aromatic nitrogens is 2. The molecule has 1 aromatic carbocycles. The van der Waals surface area contributed by atoms with Crippen LogP contribution in [0.5, 0.6) is 5.75 Å². The summed E-state index contributed by atoms with van der Waals surface area (Å²) in [5, 5.41) is 4.27. The first kappa shape index (κ1) is 11.7. The molecule has 0 aliphatic heterocycles. The second-order valence-electron chi connectivity index (χ2n) is 4.09. The van der Waals surface area contributed by atoms with Gasteiger partial charge in [-0.3, -0.25) is 4.68 Å². The van der Waals surface area contributed by atoms with E-state index in [1.165, 1.54) is 0 Å². The number of hydrogen-bond acceptors (Lipinski definition) is 3. The highest BCUT2D eigenvalue weighted by atomic mass is 16.5. The van der Waals surface area contributed by atoms with Gasteiger partial charge in [0.1, 0.15) is 5.75 Å². The van der Waals surface area contributed by atoms with Gasteiger partial charge in [-0.1, -0.05) is 12.1 Å². The second kappa shape index (κ2) is 4.59. The molecule has 1 aromatic heterocycles. The molecule has 0 radical (unpaired) electrons. The molecule has 1 unspecified atom stereocenters. The van der Waals surface area contributed by atoms with Crippen LogP contribution in [0.3, 0.4) is 0 Å². The Morgan fingerprint density at radius 3 is 2.82 bits per heavy atom. The summed E-state index contributed by atoms with van der Waals surface area (Å²) >= 11 is 0. The van der Waals surface area contributed by atoms with Gasteiger partial charge in [-0.25, -0.2) is 0 Å². The highest BCUT2D eigenvalue weighted by Crippen LogP contribution is 2.29. The average Bonchev–Trinajstić information content (AvgIpc) is 2.71. The Morgan fingerprint density at radius 2 is 2.18 bits per heavy atom. The summed E-state index contributed by atoms with van der Waals surface area (Å²) < 4.78 is 7.04. The summed E-state index contributed by atoms with van der Waals surface area (Å²) in [4.78, 5) is 0. The maximum atomic E-state index is 5.98. The van der Waals surface area contributed by atoms with Gasteiger partial charge in [-0.05, 0) is 24.6 Å². The molecule has 0 fully saturated rings. The monoisotopic (exact) mass is 231 g/mol. The molecule has 1 atom stereocenters. The van der Waals surface area contributed by atoms with E-state index in [0.717, 1.165) is 22.6 Å². The normalized spacial score (nSPS) is 12.5. The van der Waals surface area contributed by atoms with Crippen LogP contribution in [0, 0.1) is 0 Å². The molecule has 0 saturated heterocycles. The highest BCUT2D eigenvalue weighted by molar-refractivity contribution is 5.67. The lowest BCUT2D eigenvalue weighted by Gasteiger charge is -2.10. The maximum absolute atomic E-state index is 5.98. The van der Waals surface area contributed by atoms with Crippen molar-refractivity contribution in [3.8, 4) is 16.9 Å². The molecule has 4 nitrogen and oxygen atoms in total. The van der Waals surface area contributed by atoms with Gasteiger partial charge in [0.05, 0.1) is 19.0 Å². The van der Waals surface area contributed by atoms with Gasteiger partial charge in [0.2, 0.25) is 0 Å². The van der Waals surface area contributed by atoms with Crippen LogP contribution < -0.4 is 10.5 Å². The third kappa shape index (κ3) is 2.17. The molecule has 0 aliphatic carbocycles. The van der Waals surface area contributed by atoms with Crippen molar-refractivity contribution in [1.29, 1.82) is 0 Å². The van der Waals surface area contributed by atoms with Crippen LogP contribution >= 0.6 is 0 Å². The van der Waals surface area contributed by atoms with Crippen LogP contribution in [0.1, 0.15) is 18.7 Å². The van der Waals surface area contributed by atoms with E-state index in [1.54, 1.807) is 7.11 Å². The Bertz CT molecular complexity index is 517. The summed E-state index contributed by atoms with van der Waals surface area (Å²) in [5.74, 6) is 0.835. The van der Waals surface area contributed by atoms with Crippen molar-refractivity contribution in [2.75, 3.05) is 7.11 Å². The Balaban J connectivity index is 2.52. The molecule has 0 aliphatic rings. The Labute approximate surface area is 101 Å². The maximum Gasteiger partial charge on any atom is 0.119 e. The van der Waals surface area contributed by atoms with Crippen LogP contribution in [0.15, 0.2) is 30.5 Å². The first-order valence-electron chi connectivity index (χ1n) is 5.55. The Kier molecular flexibility index (Phi) is 3.15. The standard InChI is InChI=1S/C13H17N3O/c1-9(14)13-12(8-15-16(13)2)10-5-4-6-11(7-10)17-3/h4-9H,14H2,1-3H3. The Hall–Kier alpha value is -1.81. The van der Waals surface area contributed by atoms with E-state index in [2.05, 4.69) is 5.10 Å². The van der Waals surface area contributed by atoms with Crippen molar-refractivity contribution >= 4 is 0 Å².